The summed E-state index contributed by atoms with van der Waals surface area (Å²) in [5.41, 5.74) is 1.24. The minimum atomic E-state index is 0. The fourth-order valence-corrected chi connectivity index (χ4v) is 3.78. The molecule has 0 spiro atoms. The number of nitrogens with zero attached hydrogens (tertiary/aromatic N) is 2. The molecule has 1 aliphatic heterocycles. The van der Waals surface area contributed by atoms with Gasteiger partial charge in [0, 0.05) is 18.7 Å². The molecule has 7 heteroatoms. The lowest BCUT2D eigenvalue weighted by Gasteiger charge is -2.28. The normalized spacial score (nSPS) is 15.9. The van der Waals surface area contributed by atoms with Gasteiger partial charge in [-0.05, 0) is 57.4 Å². The monoisotopic (exact) mass is 506 g/mol. The van der Waals surface area contributed by atoms with Crippen LogP contribution in [0.2, 0.25) is 0 Å². The van der Waals surface area contributed by atoms with Crippen LogP contribution < -0.4 is 15.4 Å². The van der Waals surface area contributed by atoms with Crippen LogP contribution in [0, 0.1) is 0 Å². The van der Waals surface area contributed by atoms with E-state index in [-0.39, 0.29) is 30.0 Å². The Morgan fingerprint density at radius 3 is 2.67 bits per heavy atom. The molecule has 1 atom stereocenters. The molecule has 1 aliphatic rings. The molecule has 1 fully saturated rings. The Bertz CT molecular complexity index is 553. The minimum Gasteiger partial charge on any atom is -0.496 e. The van der Waals surface area contributed by atoms with E-state index < -0.39 is 0 Å². The molecular formula is C20H35IN4OS. The van der Waals surface area contributed by atoms with Crippen molar-refractivity contribution in [2.24, 2.45) is 4.99 Å². The SMILES string of the molecule is CCNC(=NCC(c1ccccc1OC)N1CCCC1)NCCCSC.I. The van der Waals surface area contributed by atoms with E-state index in [4.69, 9.17) is 9.73 Å². The van der Waals surface area contributed by atoms with Gasteiger partial charge in [-0.1, -0.05) is 18.2 Å². The van der Waals surface area contributed by atoms with Crippen LogP contribution in [0.1, 0.15) is 37.8 Å². The largest absolute Gasteiger partial charge is 0.496 e. The summed E-state index contributed by atoms with van der Waals surface area (Å²) < 4.78 is 5.62. The first-order valence-electron chi connectivity index (χ1n) is 9.68. The van der Waals surface area contributed by atoms with E-state index in [0.29, 0.717) is 0 Å². The Kier molecular flexibility index (Phi) is 12.9. The van der Waals surface area contributed by atoms with Crippen LogP contribution in [0.25, 0.3) is 0 Å². The number of benzene rings is 1. The number of para-hydroxylation sites is 1. The number of guanidine groups is 1. The van der Waals surface area contributed by atoms with E-state index in [0.717, 1.165) is 50.9 Å². The average molecular weight is 506 g/mol. The molecule has 0 saturated carbocycles. The summed E-state index contributed by atoms with van der Waals surface area (Å²) in [5.74, 6) is 3.04. The number of likely N-dealkylation sites (tertiary alicyclic amines) is 1. The third-order valence-corrected chi connectivity index (χ3v) is 5.36. The quantitative estimate of drug-likeness (QED) is 0.219. The Morgan fingerprint density at radius 1 is 1.26 bits per heavy atom. The maximum absolute atomic E-state index is 5.62. The highest BCUT2D eigenvalue weighted by Gasteiger charge is 2.25. The summed E-state index contributed by atoms with van der Waals surface area (Å²) in [6.45, 7) is 6.94. The Morgan fingerprint density at radius 2 is 2.00 bits per heavy atom. The van der Waals surface area contributed by atoms with Crippen molar-refractivity contribution in [3.63, 3.8) is 0 Å². The number of methoxy groups -OCH3 is 1. The summed E-state index contributed by atoms with van der Waals surface area (Å²) in [5, 5.41) is 6.83. The summed E-state index contributed by atoms with van der Waals surface area (Å²) >= 11 is 1.88. The maximum atomic E-state index is 5.62. The molecule has 1 heterocycles. The Balaban J connectivity index is 0.00000364. The zero-order valence-electron chi connectivity index (χ0n) is 16.9. The molecule has 2 rings (SSSR count). The van der Waals surface area contributed by atoms with Crippen LogP contribution in [0.5, 0.6) is 5.75 Å². The highest BCUT2D eigenvalue weighted by molar-refractivity contribution is 14.0. The van der Waals surface area contributed by atoms with Crippen LogP contribution in [0.4, 0.5) is 0 Å². The molecule has 0 aromatic heterocycles. The van der Waals surface area contributed by atoms with Crippen molar-refractivity contribution >= 4 is 41.7 Å². The van der Waals surface area contributed by atoms with Crippen molar-refractivity contribution in [1.82, 2.24) is 15.5 Å². The molecule has 1 saturated heterocycles. The van der Waals surface area contributed by atoms with E-state index in [2.05, 4.69) is 40.8 Å². The first-order chi connectivity index (χ1) is 12.8. The number of nitrogens with one attached hydrogen (secondary N) is 2. The summed E-state index contributed by atoms with van der Waals surface area (Å²) in [4.78, 5) is 7.44. The molecule has 1 aromatic rings. The van der Waals surface area contributed by atoms with Gasteiger partial charge in [-0.25, -0.2) is 0 Å². The number of hydrogen-bond acceptors (Lipinski definition) is 4. The van der Waals surface area contributed by atoms with Crippen LogP contribution in [-0.2, 0) is 0 Å². The molecule has 27 heavy (non-hydrogen) atoms. The van der Waals surface area contributed by atoms with Gasteiger partial charge in [0.25, 0.3) is 0 Å². The van der Waals surface area contributed by atoms with E-state index >= 15 is 0 Å². The van der Waals surface area contributed by atoms with Gasteiger partial charge in [0.2, 0.25) is 0 Å². The number of rotatable bonds is 10. The molecule has 0 aliphatic carbocycles. The molecule has 5 nitrogen and oxygen atoms in total. The van der Waals surface area contributed by atoms with Crippen LogP contribution in [0.3, 0.4) is 0 Å². The van der Waals surface area contributed by atoms with Gasteiger partial charge in [0.15, 0.2) is 5.96 Å². The molecule has 1 aromatic carbocycles. The van der Waals surface area contributed by atoms with E-state index in [9.17, 15) is 0 Å². The minimum absolute atomic E-state index is 0. The third kappa shape index (κ3) is 8.07. The third-order valence-electron chi connectivity index (χ3n) is 4.66. The van der Waals surface area contributed by atoms with Crippen molar-refractivity contribution < 1.29 is 4.74 Å². The zero-order valence-corrected chi connectivity index (χ0v) is 20.0. The number of hydrogen-bond donors (Lipinski definition) is 2. The van der Waals surface area contributed by atoms with Crippen LogP contribution >= 0.6 is 35.7 Å². The van der Waals surface area contributed by atoms with Gasteiger partial charge in [0.1, 0.15) is 5.75 Å². The first kappa shape index (κ1) is 24.4. The van der Waals surface area contributed by atoms with Gasteiger partial charge in [0.05, 0.1) is 19.7 Å². The van der Waals surface area contributed by atoms with Crippen molar-refractivity contribution in [2.75, 3.05) is 51.8 Å². The van der Waals surface area contributed by atoms with E-state index in [1.54, 1.807) is 7.11 Å². The first-order valence-corrected chi connectivity index (χ1v) is 11.1. The zero-order chi connectivity index (χ0) is 18.6. The van der Waals surface area contributed by atoms with Crippen molar-refractivity contribution in [2.45, 2.75) is 32.2 Å². The van der Waals surface area contributed by atoms with Gasteiger partial charge in [-0.2, -0.15) is 11.8 Å². The highest BCUT2D eigenvalue weighted by atomic mass is 127. The summed E-state index contributed by atoms with van der Waals surface area (Å²) in [7, 11) is 1.75. The number of ether oxygens (including phenoxy) is 1. The summed E-state index contributed by atoms with van der Waals surface area (Å²) in [6.07, 6.45) is 5.82. The topological polar surface area (TPSA) is 48.9 Å². The molecular weight excluding hydrogens is 471 g/mol. The van der Waals surface area contributed by atoms with Crippen LogP contribution in [0.15, 0.2) is 29.3 Å². The molecule has 2 N–H and O–H groups in total. The second-order valence-electron chi connectivity index (χ2n) is 6.49. The molecule has 154 valence electrons. The number of aliphatic imine (C=N–C) groups is 1. The smallest absolute Gasteiger partial charge is 0.191 e. The van der Waals surface area contributed by atoms with Gasteiger partial charge in [-0.3, -0.25) is 9.89 Å². The Hall–Kier alpha value is -0.670. The van der Waals surface area contributed by atoms with Crippen molar-refractivity contribution in [3.8, 4) is 5.75 Å². The second-order valence-corrected chi connectivity index (χ2v) is 7.48. The fraction of sp³-hybridized carbons (Fsp3) is 0.650. The lowest BCUT2D eigenvalue weighted by atomic mass is 10.0. The standard InChI is InChI=1S/C20H34N4OS.HI/c1-4-21-20(22-12-9-15-26-3)23-16-18(24-13-7-8-14-24)17-10-5-6-11-19(17)25-2;/h5-6,10-11,18H,4,7-9,12-16H2,1-3H3,(H2,21,22,23);1H. The highest BCUT2D eigenvalue weighted by Crippen LogP contribution is 2.31. The number of thioether (sulfide) groups is 1. The number of halogens is 1. The van der Waals surface area contributed by atoms with E-state index in [1.165, 1.54) is 24.2 Å². The Labute approximate surface area is 186 Å². The molecule has 0 radical (unpaired) electrons. The molecule has 0 bridgehead atoms. The maximum Gasteiger partial charge on any atom is 0.191 e. The van der Waals surface area contributed by atoms with Crippen molar-refractivity contribution in [3.05, 3.63) is 29.8 Å². The fourth-order valence-electron chi connectivity index (χ4n) is 3.35. The molecule has 1 unspecified atom stereocenters. The predicted molar refractivity (Wildman–Crippen MR) is 129 cm³/mol. The van der Waals surface area contributed by atoms with Gasteiger partial charge in [-0.15, -0.1) is 24.0 Å². The lowest BCUT2D eigenvalue weighted by Crippen LogP contribution is -2.39. The lowest BCUT2D eigenvalue weighted by molar-refractivity contribution is 0.245. The van der Waals surface area contributed by atoms with Crippen LogP contribution in [-0.4, -0.2) is 62.7 Å². The van der Waals surface area contributed by atoms with Crippen molar-refractivity contribution in [1.29, 1.82) is 0 Å². The van der Waals surface area contributed by atoms with E-state index in [1.807, 2.05) is 23.9 Å². The second kappa shape index (κ2) is 14.3. The van der Waals surface area contributed by atoms with Gasteiger partial charge >= 0.3 is 0 Å². The van der Waals surface area contributed by atoms with Gasteiger partial charge < -0.3 is 15.4 Å². The molecule has 0 amide bonds. The summed E-state index contributed by atoms with van der Waals surface area (Å²) in [6, 6.07) is 8.61. The average Bonchev–Trinajstić information content (AvgIpc) is 3.20. The predicted octanol–water partition coefficient (Wildman–Crippen LogP) is 3.76.